The largest absolute Gasteiger partial charge is 0.497 e. The topological polar surface area (TPSA) is 61.8 Å². The number of methoxy groups -OCH3 is 2. The van der Waals surface area contributed by atoms with Crippen molar-refractivity contribution >= 4 is 11.8 Å². The van der Waals surface area contributed by atoms with Gasteiger partial charge in [-0.3, -0.25) is 9.59 Å². The van der Waals surface area contributed by atoms with Crippen LogP contribution in [0, 0.1) is 0 Å². The maximum atomic E-state index is 12.1. The van der Waals surface area contributed by atoms with E-state index in [0.29, 0.717) is 30.1 Å². The molecule has 0 bridgehead atoms. The molecule has 0 heterocycles. The molecule has 0 spiro atoms. The van der Waals surface area contributed by atoms with Gasteiger partial charge in [-0.2, -0.15) is 0 Å². The predicted molar refractivity (Wildman–Crippen MR) is 74.4 cm³/mol. The van der Waals surface area contributed by atoms with Crippen LogP contribution in [-0.2, 0) is 9.53 Å². The minimum Gasteiger partial charge on any atom is -0.497 e. The van der Waals surface area contributed by atoms with Crippen LogP contribution in [0.4, 0.5) is 0 Å². The zero-order chi connectivity index (χ0) is 15.0. The molecular formula is C15H20O5. The molecule has 110 valence electrons. The molecule has 1 rings (SSSR count). The van der Waals surface area contributed by atoms with E-state index in [0.717, 1.165) is 0 Å². The van der Waals surface area contributed by atoms with E-state index in [4.69, 9.17) is 14.2 Å². The highest BCUT2D eigenvalue weighted by atomic mass is 16.5. The van der Waals surface area contributed by atoms with Gasteiger partial charge < -0.3 is 14.2 Å². The van der Waals surface area contributed by atoms with Crippen LogP contribution in [0.1, 0.15) is 36.5 Å². The number of ether oxygens (including phenoxy) is 3. The van der Waals surface area contributed by atoms with Gasteiger partial charge in [-0.05, 0) is 25.5 Å². The number of Topliss-reactive ketones (excluding diaryl/α,β-unsaturated/α-hetero) is 1. The summed E-state index contributed by atoms with van der Waals surface area (Å²) in [6.45, 7) is 2.12. The molecule has 5 nitrogen and oxygen atoms in total. The van der Waals surface area contributed by atoms with Gasteiger partial charge in [-0.1, -0.05) is 0 Å². The van der Waals surface area contributed by atoms with Crippen molar-refractivity contribution in [1.29, 1.82) is 0 Å². The summed E-state index contributed by atoms with van der Waals surface area (Å²) in [5, 5.41) is 0. The first-order valence-corrected chi connectivity index (χ1v) is 6.53. The molecule has 0 amide bonds. The lowest BCUT2D eigenvalue weighted by Crippen LogP contribution is -2.06. The maximum Gasteiger partial charge on any atom is 0.305 e. The number of carbonyl (C=O) groups excluding carboxylic acids is 2. The lowest BCUT2D eigenvalue weighted by atomic mass is 10.0. The number of hydrogen-bond donors (Lipinski definition) is 0. The summed E-state index contributed by atoms with van der Waals surface area (Å²) >= 11 is 0. The molecule has 0 radical (unpaired) electrons. The molecular weight excluding hydrogens is 260 g/mol. The Balaban J connectivity index is 2.61. The van der Waals surface area contributed by atoms with Gasteiger partial charge in [0.05, 0.1) is 26.4 Å². The third kappa shape index (κ3) is 4.57. The number of ketones is 1. The van der Waals surface area contributed by atoms with Gasteiger partial charge in [-0.15, -0.1) is 0 Å². The second-order valence-corrected chi connectivity index (χ2v) is 4.15. The van der Waals surface area contributed by atoms with Crippen molar-refractivity contribution in [2.24, 2.45) is 0 Å². The monoisotopic (exact) mass is 280 g/mol. The maximum absolute atomic E-state index is 12.1. The van der Waals surface area contributed by atoms with Crippen LogP contribution in [0.15, 0.2) is 18.2 Å². The van der Waals surface area contributed by atoms with Gasteiger partial charge in [0, 0.05) is 18.9 Å². The van der Waals surface area contributed by atoms with Gasteiger partial charge >= 0.3 is 5.97 Å². The Morgan fingerprint density at radius 1 is 1.10 bits per heavy atom. The molecule has 1 aromatic rings. The minimum absolute atomic E-state index is 0.0613. The summed E-state index contributed by atoms with van der Waals surface area (Å²) in [6, 6.07) is 5.05. The lowest BCUT2D eigenvalue weighted by Gasteiger charge is -2.09. The second kappa shape index (κ2) is 8.19. The SMILES string of the molecule is CCOC(=O)CCCC(=O)c1ccc(OC)cc1OC. The molecule has 0 saturated heterocycles. The van der Waals surface area contributed by atoms with Crippen LogP contribution >= 0.6 is 0 Å². The molecule has 1 aromatic carbocycles. The first-order valence-electron chi connectivity index (χ1n) is 6.53. The van der Waals surface area contributed by atoms with Crippen molar-refractivity contribution in [1.82, 2.24) is 0 Å². The summed E-state index contributed by atoms with van der Waals surface area (Å²) in [7, 11) is 3.06. The smallest absolute Gasteiger partial charge is 0.305 e. The van der Waals surface area contributed by atoms with Crippen molar-refractivity contribution in [2.45, 2.75) is 26.2 Å². The van der Waals surface area contributed by atoms with Crippen molar-refractivity contribution in [3.63, 3.8) is 0 Å². The number of benzene rings is 1. The molecule has 0 saturated carbocycles. The average Bonchev–Trinajstić information content (AvgIpc) is 2.46. The van der Waals surface area contributed by atoms with Crippen LogP contribution in [0.2, 0.25) is 0 Å². The highest BCUT2D eigenvalue weighted by Gasteiger charge is 2.14. The first kappa shape index (κ1) is 16.0. The quantitative estimate of drug-likeness (QED) is 0.541. The Labute approximate surface area is 118 Å². The van der Waals surface area contributed by atoms with Gasteiger partial charge in [0.2, 0.25) is 0 Å². The third-order valence-corrected chi connectivity index (χ3v) is 2.80. The van der Waals surface area contributed by atoms with Crippen LogP contribution in [0.25, 0.3) is 0 Å². The zero-order valence-corrected chi connectivity index (χ0v) is 12.1. The van der Waals surface area contributed by atoms with Crippen LogP contribution in [0.5, 0.6) is 11.5 Å². The molecule has 0 unspecified atom stereocenters. The molecule has 0 aromatic heterocycles. The summed E-state index contributed by atoms with van der Waals surface area (Å²) in [4.78, 5) is 23.3. The fourth-order valence-corrected chi connectivity index (χ4v) is 1.79. The molecule has 0 N–H and O–H groups in total. The van der Waals surface area contributed by atoms with E-state index in [9.17, 15) is 9.59 Å². The van der Waals surface area contributed by atoms with E-state index >= 15 is 0 Å². The second-order valence-electron chi connectivity index (χ2n) is 4.15. The predicted octanol–water partition coefficient (Wildman–Crippen LogP) is 2.62. The standard InChI is InChI=1S/C15H20O5/c1-4-20-15(17)7-5-6-13(16)12-9-8-11(18-2)10-14(12)19-3/h8-10H,4-7H2,1-3H3. The van der Waals surface area contributed by atoms with E-state index in [1.807, 2.05) is 0 Å². The fraction of sp³-hybridized carbons (Fsp3) is 0.467. The summed E-state index contributed by atoms with van der Waals surface area (Å²) in [5.74, 6) is 0.770. The lowest BCUT2D eigenvalue weighted by molar-refractivity contribution is -0.143. The van der Waals surface area contributed by atoms with Gasteiger partial charge in [-0.25, -0.2) is 0 Å². The van der Waals surface area contributed by atoms with E-state index in [1.165, 1.54) is 7.11 Å². The Bertz CT molecular complexity index is 467. The van der Waals surface area contributed by atoms with Gasteiger partial charge in [0.15, 0.2) is 5.78 Å². The number of rotatable bonds is 8. The van der Waals surface area contributed by atoms with Crippen molar-refractivity contribution < 1.29 is 23.8 Å². The van der Waals surface area contributed by atoms with Crippen LogP contribution < -0.4 is 9.47 Å². The van der Waals surface area contributed by atoms with Crippen LogP contribution in [-0.4, -0.2) is 32.6 Å². The zero-order valence-electron chi connectivity index (χ0n) is 12.1. The minimum atomic E-state index is -0.276. The molecule has 0 atom stereocenters. The van der Waals surface area contributed by atoms with Crippen LogP contribution in [0.3, 0.4) is 0 Å². The molecule has 0 fully saturated rings. The number of esters is 1. The van der Waals surface area contributed by atoms with Crippen molar-refractivity contribution in [3.8, 4) is 11.5 Å². The molecule has 0 aliphatic carbocycles. The van der Waals surface area contributed by atoms with E-state index in [-0.39, 0.29) is 24.6 Å². The summed E-state index contributed by atoms with van der Waals surface area (Å²) in [5.41, 5.74) is 0.497. The third-order valence-electron chi connectivity index (χ3n) is 2.80. The number of hydrogen-bond acceptors (Lipinski definition) is 5. The van der Waals surface area contributed by atoms with Gasteiger partial charge in [0.25, 0.3) is 0 Å². The van der Waals surface area contributed by atoms with E-state index in [1.54, 1.807) is 32.2 Å². The number of carbonyl (C=O) groups is 2. The Kier molecular flexibility index (Phi) is 6.56. The molecule has 5 heteroatoms. The Morgan fingerprint density at radius 2 is 1.85 bits per heavy atom. The van der Waals surface area contributed by atoms with Crippen molar-refractivity contribution in [3.05, 3.63) is 23.8 Å². The Morgan fingerprint density at radius 3 is 2.45 bits per heavy atom. The highest BCUT2D eigenvalue weighted by Crippen LogP contribution is 2.26. The van der Waals surface area contributed by atoms with E-state index < -0.39 is 0 Å². The molecule has 0 aliphatic rings. The highest BCUT2D eigenvalue weighted by molar-refractivity contribution is 5.99. The first-order chi connectivity index (χ1) is 9.62. The molecule has 20 heavy (non-hydrogen) atoms. The molecule has 0 aliphatic heterocycles. The average molecular weight is 280 g/mol. The van der Waals surface area contributed by atoms with E-state index in [2.05, 4.69) is 0 Å². The Hall–Kier alpha value is -2.04. The summed E-state index contributed by atoms with van der Waals surface area (Å²) in [6.07, 6.45) is 0.992. The fourth-order valence-electron chi connectivity index (χ4n) is 1.79. The normalized spacial score (nSPS) is 9.95. The van der Waals surface area contributed by atoms with Gasteiger partial charge in [0.1, 0.15) is 11.5 Å². The summed E-state index contributed by atoms with van der Waals surface area (Å²) < 4.78 is 15.1. The van der Waals surface area contributed by atoms with Crippen molar-refractivity contribution in [2.75, 3.05) is 20.8 Å².